The van der Waals surface area contributed by atoms with Crippen LogP contribution in [0, 0.1) is 10.5 Å². The molecule has 0 fully saturated rings. The number of nitrogens with one attached hydrogen (secondary N) is 1. The van der Waals surface area contributed by atoms with Gasteiger partial charge in [-0.15, -0.1) is 0 Å². The zero-order chi connectivity index (χ0) is 13.0. The maximum atomic E-state index is 5.76. The quantitative estimate of drug-likeness (QED) is 0.637. The van der Waals surface area contributed by atoms with E-state index in [-0.39, 0.29) is 0 Å². The Morgan fingerprint density at radius 1 is 1.50 bits per heavy atom. The van der Waals surface area contributed by atoms with Crippen molar-refractivity contribution in [3.05, 3.63) is 39.1 Å². The molecule has 98 valence electrons. The predicted molar refractivity (Wildman–Crippen MR) is 79.5 cm³/mol. The summed E-state index contributed by atoms with van der Waals surface area (Å²) in [6, 6.07) is 2.12. The standard InChI is InChI=1S/C13H18IN3O/c1-3-4-15-6-11-5-13(18-10(11)2)9-17-8-12(14)7-16-17/h5,7-8,15H,3-4,6,9H2,1-2H3. The molecule has 0 aromatic carbocycles. The molecule has 0 unspecified atom stereocenters. The molecule has 18 heavy (non-hydrogen) atoms. The summed E-state index contributed by atoms with van der Waals surface area (Å²) in [5.74, 6) is 1.95. The molecule has 0 bridgehead atoms. The summed E-state index contributed by atoms with van der Waals surface area (Å²) in [6.07, 6.45) is 5.00. The van der Waals surface area contributed by atoms with E-state index < -0.39 is 0 Å². The van der Waals surface area contributed by atoms with E-state index in [4.69, 9.17) is 4.42 Å². The van der Waals surface area contributed by atoms with Crippen LogP contribution in [-0.2, 0) is 13.1 Å². The normalized spacial score (nSPS) is 11.1. The molecular formula is C13H18IN3O. The van der Waals surface area contributed by atoms with Gasteiger partial charge < -0.3 is 9.73 Å². The summed E-state index contributed by atoms with van der Waals surface area (Å²) in [4.78, 5) is 0. The van der Waals surface area contributed by atoms with E-state index in [1.165, 1.54) is 5.56 Å². The highest BCUT2D eigenvalue weighted by atomic mass is 127. The molecular weight excluding hydrogens is 341 g/mol. The Morgan fingerprint density at radius 3 is 3.00 bits per heavy atom. The molecule has 0 radical (unpaired) electrons. The number of hydrogen-bond acceptors (Lipinski definition) is 3. The molecule has 2 aromatic rings. The number of halogens is 1. The second-order valence-corrected chi connectivity index (χ2v) is 5.57. The molecule has 0 aliphatic rings. The zero-order valence-corrected chi connectivity index (χ0v) is 12.9. The SMILES string of the molecule is CCCNCc1cc(Cn2cc(I)cn2)oc1C. The summed E-state index contributed by atoms with van der Waals surface area (Å²) in [7, 11) is 0. The topological polar surface area (TPSA) is 43.0 Å². The molecule has 5 heteroatoms. The van der Waals surface area contributed by atoms with Gasteiger partial charge in [0.2, 0.25) is 0 Å². The summed E-state index contributed by atoms with van der Waals surface area (Å²) < 4.78 is 8.79. The minimum absolute atomic E-state index is 0.692. The molecule has 2 heterocycles. The monoisotopic (exact) mass is 359 g/mol. The average molecular weight is 359 g/mol. The Hall–Kier alpha value is -0.820. The van der Waals surface area contributed by atoms with Gasteiger partial charge in [-0.1, -0.05) is 6.92 Å². The van der Waals surface area contributed by atoms with Crippen molar-refractivity contribution >= 4 is 22.6 Å². The van der Waals surface area contributed by atoms with Crippen LogP contribution in [0.3, 0.4) is 0 Å². The Kier molecular flexibility index (Phi) is 4.82. The largest absolute Gasteiger partial charge is 0.464 e. The van der Waals surface area contributed by atoms with E-state index in [0.29, 0.717) is 6.54 Å². The second-order valence-electron chi connectivity index (χ2n) is 4.33. The molecule has 0 atom stereocenters. The van der Waals surface area contributed by atoms with Crippen molar-refractivity contribution in [2.75, 3.05) is 6.54 Å². The maximum Gasteiger partial charge on any atom is 0.125 e. The Morgan fingerprint density at radius 2 is 2.33 bits per heavy atom. The van der Waals surface area contributed by atoms with Gasteiger partial charge in [-0.25, -0.2) is 0 Å². The lowest BCUT2D eigenvalue weighted by molar-refractivity contribution is 0.456. The molecule has 0 saturated heterocycles. The Bertz CT molecular complexity index is 504. The van der Waals surface area contributed by atoms with Crippen LogP contribution in [0.2, 0.25) is 0 Å². The smallest absolute Gasteiger partial charge is 0.125 e. The van der Waals surface area contributed by atoms with Crippen LogP contribution in [0.25, 0.3) is 0 Å². The van der Waals surface area contributed by atoms with Crippen molar-refractivity contribution in [1.82, 2.24) is 15.1 Å². The van der Waals surface area contributed by atoms with Gasteiger partial charge in [0, 0.05) is 18.3 Å². The number of aromatic nitrogens is 2. The second kappa shape index (κ2) is 6.38. The molecule has 0 aliphatic carbocycles. The third-order valence-corrected chi connectivity index (χ3v) is 3.29. The van der Waals surface area contributed by atoms with E-state index in [2.05, 4.69) is 46.0 Å². The van der Waals surface area contributed by atoms with E-state index in [0.717, 1.165) is 34.6 Å². The van der Waals surface area contributed by atoms with Crippen molar-refractivity contribution in [3.8, 4) is 0 Å². The zero-order valence-electron chi connectivity index (χ0n) is 10.7. The third-order valence-electron chi connectivity index (χ3n) is 2.73. The van der Waals surface area contributed by atoms with Gasteiger partial charge in [-0.05, 0) is 48.5 Å². The van der Waals surface area contributed by atoms with Crippen molar-refractivity contribution in [2.24, 2.45) is 0 Å². The van der Waals surface area contributed by atoms with E-state index in [9.17, 15) is 0 Å². The molecule has 0 aliphatic heterocycles. The summed E-state index contributed by atoms with van der Waals surface area (Å²) in [5.41, 5.74) is 1.24. The van der Waals surface area contributed by atoms with Crippen molar-refractivity contribution in [1.29, 1.82) is 0 Å². The lowest BCUT2D eigenvalue weighted by Gasteiger charge is -1.99. The first-order chi connectivity index (χ1) is 8.69. The number of rotatable bonds is 6. The van der Waals surface area contributed by atoms with Gasteiger partial charge in [-0.3, -0.25) is 4.68 Å². The lowest BCUT2D eigenvalue weighted by atomic mass is 10.2. The van der Waals surface area contributed by atoms with E-state index in [1.54, 1.807) is 0 Å². The van der Waals surface area contributed by atoms with Crippen molar-refractivity contribution in [2.45, 2.75) is 33.4 Å². The first-order valence-electron chi connectivity index (χ1n) is 6.16. The average Bonchev–Trinajstić information content (AvgIpc) is 2.87. The van der Waals surface area contributed by atoms with Gasteiger partial charge in [0.05, 0.1) is 16.3 Å². The summed E-state index contributed by atoms with van der Waals surface area (Å²) in [5, 5.41) is 7.65. The van der Waals surface area contributed by atoms with Crippen LogP contribution in [0.15, 0.2) is 22.9 Å². The van der Waals surface area contributed by atoms with Gasteiger partial charge in [0.1, 0.15) is 11.5 Å². The predicted octanol–water partition coefficient (Wildman–Crippen LogP) is 2.94. The summed E-state index contributed by atoms with van der Waals surface area (Å²) in [6.45, 7) is 6.79. The molecule has 4 nitrogen and oxygen atoms in total. The van der Waals surface area contributed by atoms with Gasteiger partial charge in [0.15, 0.2) is 0 Å². The molecule has 0 saturated carbocycles. The highest BCUT2D eigenvalue weighted by Gasteiger charge is 2.08. The van der Waals surface area contributed by atoms with Crippen LogP contribution in [-0.4, -0.2) is 16.3 Å². The van der Waals surface area contributed by atoms with Gasteiger partial charge >= 0.3 is 0 Å². The minimum atomic E-state index is 0.692. The van der Waals surface area contributed by atoms with Crippen LogP contribution < -0.4 is 5.32 Å². The highest BCUT2D eigenvalue weighted by molar-refractivity contribution is 14.1. The lowest BCUT2D eigenvalue weighted by Crippen LogP contribution is -2.13. The molecule has 1 N–H and O–H groups in total. The fraction of sp³-hybridized carbons (Fsp3) is 0.462. The maximum absolute atomic E-state index is 5.76. The molecule has 0 spiro atoms. The first kappa shape index (κ1) is 13.6. The number of hydrogen-bond donors (Lipinski definition) is 1. The first-order valence-corrected chi connectivity index (χ1v) is 7.23. The highest BCUT2D eigenvalue weighted by Crippen LogP contribution is 2.16. The molecule has 2 aromatic heterocycles. The fourth-order valence-corrected chi connectivity index (χ4v) is 2.27. The number of aryl methyl sites for hydroxylation is 1. The molecule has 0 amide bonds. The summed E-state index contributed by atoms with van der Waals surface area (Å²) >= 11 is 2.25. The van der Waals surface area contributed by atoms with Crippen molar-refractivity contribution < 1.29 is 4.42 Å². The molecule has 2 rings (SSSR count). The van der Waals surface area contributed by atoms with Crippen LogP contribution in [0.5, 0.6) is 0 Å². The third kappa shape index (κ3) is 3.58. The van der Waals surface area contributed by atoms with Crippen LogP contribution >= 0.6 is 22.6 Å². The minimum Gasteiger partial charge on any atom is -0.464 e. The number of furan rings is 1. The van der Waals surface area contributed by atoms with Gasteiger partial charge in [-0.2, -0.15) is 5.10 Å². The van der Waals surface area contributed by atoms with E-state index in [1.807, 2.05) is 24.0 Å². The fourth-order valence-electron chi connectivity index (χ4n) is 1.83. The number of nitrogens with zero attached hydrogens (tertiary/aromatic N) is 2. The van der Waals surface area contributed by atoms with Gasteiger partial charge in [0.25, 0.3) is 0 Å². The Labute approximate surface area is 121 Å². The van der Waals surface area contributed by atoms with Crippen molar-refractivity contribution in [3.63, 3.8) is 0 Å². The van der Waals surface area contributed by atoms with Crippen LogP contribution in [0.1, 0.15) is 30.4 Å². The van der Waals surface area contributed by atoms with Crippen LogP contribution in [0.4, 0.5) is 0 Å². The van der Waals surface area contributed by atoms with E-state index >= 15 is 0 Å². The Balaban J connectivity index is 1.99.